The maximum atomic E-state index is 12.4. The number of nitrogens with zero attached hydrogens (tertiary/aromatic N) is 3. The standard InChI is InChI=1S/C15H14N4O2/c16-11-4-5-13-12(9-11)15(21)19(10-17-13)8-7-18-6-2-1-3-14(18)20/h1-6,9-10H,7-8,16H2. The fraction of sp³-hybridized carbons (Fsp3) is 0.133. The van der Waals surface area contributed by atoms with Crippen LogP contribution in [0.15, 0.2) is 58.5 Å². The van der Waals surface area contributed by atoms with Crippen LogP contribution in [0, 0.1) is 0 Å². The Hall–Kier alpha value is -2.89. The molecule has 0 saturated carbocycles. The molecule has 3 aromatic rings. The summed E-state index contributed by atoms with van der Waals surface area (Å²) in [5.41, 5.74) is 6.60. The van der Waals surface area contributed by atoms with Gasteiger partial charge in [-0.15, -0.1) is 0 Å². The first-order valence-electron chi connectivity index (χ1n) is 6.55. The number of hydrogen-bond acceptors (Lipinski definition) is 4. The predicted octanol–water partition coefficient (Wildman–Crippen LogP) is 0.841. The number of aromatic nitrogens is 3. The van der Waals surface area contributed by atoms with Crippen LogP contribution < -0.4 is 16.9 Å². The molecule has 2 N–H and O–H groups in total. The van der Waals surface area contributed by atoms with Gasteiger partial charge in [-0.1, -0.05) is 6.07 Å². The van der Waals surface area contributed by atoms with E-state index in [1.165, 1.54) is 17.0 Å². The van der Waals surface area contributed by atoms with Crippen molar-refractivity contribution >= 4 is 16.6 Å². The minimum Gasteiger partial charge on any atom is -0.399 e. The van der Waals surface area contributed by atoms with E-state index in [1.54, 1.807) is 41.1 Å². The number of nitrogens with two attached hydrogens (primary N) is 1. The first-order valence-corrected chi connectivity index (χ1v) is 6.55. The summed E-state index contributed by atoms with van der Waals surface area (Å²) < 4.78 is 3.04. The Morgan fingerprint density at radius 2 is 1.86 bits per heavy atom. The van der Waals surface area contributed by atoms with Gasteiger partial charge in [0.15, 0.2) is 0 Å². The highest BCUT2D eigenvalue weighted by Gasteiger charge is 2.05. The molecule has 6 heteroatoms. The number of aryl methyl sites for hydroxylation is 2. The van der Waals surface area contributed by atoms with Gasteiger partial charge in [0.2, 0.25) is 0 Å². The lowest BCUT2D eigenvalue weighted by molar-refractivity contribution is 0.550. The number of rotatable bonds is 3. The third kappa shape index (κ3) is 2.55. The van der Waals surface area contributed by atoms with E-state index in [-0.39, 0.29) is 11.1 Å². The Bertz CT molecular complexity index is 911. The lowest BCUT2D eigenvalue weighted by atomic mass is 10.2. The molecule has 0 bridgehead atoms. The molecule has 0 aliphatic heterocycles. The van der Waals surface area contributed by atoms with E-state index in [0.29, 0.717) is 29.7 Å². The Morgan fingerprint density at radius 1 is 1.05 bits per heavy atom. The zero-order valence-corrected chi connectivity index (χ0v) is 11.3. The molecule has 0 aliphatic carbocycles. The van der Waals surface area contributed by atoms with Crippen molar-refractivity contribution in [2.75, 3.05) is 5.73 Å². The molecule has 6 nitrogen and oxygen atoms in total. The van der Waals surface area contributed by atoms with Crippen molar-refractivity contribution in [3.05, 3.63) is 69.6 Å². The maximum Gasteiger partial charge on any atom is 0.261 e. The minimum atomic E-state index is -0.156. The SMILES string of the molecule is Nc1ccc2ncn(CCn3ccccc3=O)c(=O)c2c1. The second-order valence-corrected chi connectivity index (χ2v) is 4.75. The first-order chi connectivity index (χ1) is 10.1. The molecule has 0 spiro atoms. The van der Waals surface area contributed by atoms with E-state index in [1.807, 2.05) is 0 Å². The van der Waals surface area contributed by atoms with E-state index in [4.69, 9.17) is 5.73 Å². The molecule has 0 amide bonds. The summed E-state index contributed by atoms with van der Waals surface area (Å²) in [4.78, 5) is 28.2. The van der Waals surface area contributed by atoms with Gasteiger partial charge >= 0.3 is 0 Å². The van der Waals surface area contributed by atoms with Gasteiger partial charge < -0.3 is 10.3 Å². The van der Waals surface area contributed by atoms with Crippen molar-refractivity contribution < 1.29 is 0 Å². The van der Waals surface area contributed by atoms with Crippen LogP contribution in [0.4, 0.5) is 5.69 Å². The van der Waals surface area contributed by atoms with Crippen LogP contribution in [0.3, 0.4) is 0 Å². The summed E-state index contributed by atoms with van der Waals surface area (Å²) in [6.45, 7) is 0.787. The number of pyridine rings is 1. The zero-order chi connectivity index (χ0) is 14.8. The van der Waals surface area contributed by atoms with Crippen molar-refractivity contribution in [3.63, 3.8) is 0 Å². The minimum absolute atomic E-state index is 0.0939. The average Bonchev–Trinajstić information content (AvgIpc) is 2.49. The molecule has 0 saturated heterocycles. The Morgan fingerprint density at radius 3 is 2.67 bits per heavy atom. The lowest BCUT2D eigenvalue weighted by Gasteiger charge is -2.08. The van der Waals surface area contributed by atoms with Crippen LogP contribution in [0.2, 0.25) is 0 Å². The number of hydrogen-bond donors (Lipinski definition) is 1. The van der Waals surface area contributed by atoms with Crippen LogP contribution in [-0.2, 0) is 13.1 Å². The molecule has 0 fully saturated rings. The summed E-state index contributed by atoms with van der Waals surface area (Å²) in [7, 11) is 0. The Labute approximate surface area is 120 Å². The molecule has 0 atom stereocenters. The summed E-state index contributed by atoms with van der Waals surface area (Å²) in [5, 5.41) is 0.484. The quantitative estimate of drug-likeness (QED) is 0.722. The highest BCUT2D eigenvalue weighted by molar-refractivity contribution is 5.80. The van der Waals surface area contributed by atoms with E-state index in [9.17, 15) is 9.59 Å². The lowest BCUT2D eigenvalue weighted by Crippen LogP contribution is -2.26. The van der Waals surface area contributed by atoms with Crippen LogP contribution in [0.5, 0.6) is 0 Å². The van der Waals surface area contributed by atoms with Crippen LogP contribution in [-0.4, -0.2) is 14.1 Å². The highest BCUT2D eigenvalue weighted by atomic mass is 16.1. The van der Waals surface area contributed by atoms with Crippen LogP contribution in [0.25, 0.3) is 10.9 Å². The van der Waals surface area contributed by atoms with Gasteiger partial charge in [-0.3, -0.25) is 14.2 Å². The summed E-state index contributed by atoms with van der Waals surface area (Å²) in [6, 6.07) is 10.0. The number of anilines is 1. The highest BCUT2D eigenvalue weighted by Crippen LogP contribution is 2.10. The molecule has 0 aliphatic rings. The van der Waals surface area contributed by atoms with E-state index < -0.39 is 0 Å². The maximum absolute atomic E-state index is 12.4. The van der Waals surface area contributed by atoms with Crippen molar-refractivity contribution in [1.29, 1.82) is 0 Å². The van der Waals surface area contributed by atoms with Gasteiger partial charge in [-0.2, -0.15) is 0 Å². The van der Waals surface area contributed by atoms with Gasteiger partial charge in [0.25, 0.3) is 11.1 Å². The molecule has 1 aromatic carbocycles. The molecule has 21 heavy (non-hydrogen) atoms. The molecular formula is C15H14N4O2. The number of fused-ring (bicyclic) bond motifs is 1. The van der Waals surface area contributed by atoms with Crippen molar-refractivity contribution in [2.45, 2.75) is 13.1 Å². The topological polar surface area (TPSA) is 82.9 Å². The molecule has 0 unspecified atom stereocenters. The van der Waals surface area contributed by atoms with Crippen molar-refractivity contribution in [1.82, 2.24) is 14.1 Å². The fourth-order valence-corrected chi connectivity index (χ4v) is 2.20. The van der Waals surface area contributed by atoms with Crippen LogP contribution in [0.1, 0.15) is 0 Å². The molecule has 2 aromatic heterocycles. The Kier molecular flexibility index (Phi) is 3.27. The average molecular weight is 282 g/mol. The summed E-state index contributed by atoms with van der Waals surface area (Å²) in [6.07, 6.45) is 3.19. The van der Waals surface area contributed by atoms with E-state index in [2.05, 4.69) is 4.98 Å². The van der Waals surface area contributed by atoms with Gasteiger partial charge in [0.05, 0.1) is 17.2 Å². The van der Waals surface area contributed by atoms with Crippen LogP contribution >= 0.6 is 0 Å². The second kappa shape index (κ2) is 5.24. The Balaban J connectivity index is 1.95. The van der Waals surface area contributed by atoms with E-state index in [0.717, 1.165) is 0 Å². The largest absolute Gasteiger partial charge is 0.399 e. The third-order valence-corrected chi connectivity index (χ3v) is 3.33. The van der Waals surface area contributed by atoms with Gasteiger partial charge in [-0.25, -0.2) is 4.98 Å². The predicted molar refractivity (Wildman–Crippen MR) is 81.1 cm³/mol. The molecule has 2 heterocycles. The molecular weight excluding hydrogens is 268 g/mol. The summed E-state index contributed by atoms with van der Waals surface area (Å²) >= 11 is 0. The molecule has 106 valence electrons. The monoisotopic (exact) mass is 282 g/mol. The molecule has 3 rings (SSSR count). The van der Waals surface area contributed by atoms with Gasteiger partial charge in [-0.05, 0) is 24.3 Å². The van der Waals surface area contributed by atoms with Crippen molar-refractivity contribution in [2.24, 2.45) is 0 Å². The second-order valence-electron chi connectivity index (χ2n) is 4.75. The normalized spacial score (nSPS) is 10.9. The fourth-order valence-electron chi connectivity index (χ4n) is 2.20. The van der Waals surface area contributed by atoms with Crippen molar-refractivity contribution in [3.8, 4) is 0 Å². The third-order valence-electron chi connectivity index (χ3n) is 3.33. The number of nitrogen functional groups attached to an aromatic ring is 1. The first kappa shape index (κ1) is 13.1. The number of benzene rings is 1. The van der Waals surface area contributed by atoms with Gasteiger partial charge in [0, 0.05) is 31.0 Å². The smallest absolute Gasteiger partial charge is 0.261 e. The zero-order valence-electron chi connectivity index (χ0n) is 11.3. The summed E-state index contributed by atoms with van der Waals surface area (Å²) in [5.74, 6) is 0. The molecule has 0 radical (unpaired) electrons. The van der Waals surface area contributed by atoms with E-state index >= 15 is 0 Å². The van der Waals surface area contributed by atoms with Gasteiger partial charge in [0.1, 0.15) is 0 Å².